The first-order chi connectivity index (χ1) is 18.9. The summed E-state index contributed by atoms with van der Waals surface area (Å²) in [7, 11) is -2.80. The lowest BCUT2D eigenvalue weighted by atomic mass is 9.89. The number of hydrogen-bond donors (Lipinski definition) is 2. The van der Waals surface area contributed by atoms with Gasteiger partial charge in [0, 0.05) is 33.7 Å². The molecular weight excluding hydrogens is 528 g/mol. The number of nitrogens with one attached hydrogen (secondary N) is 2. The molecule has 0 amide bonds. The van der Waals surface area contributed by atoms with Gasteiger partial charge in [-0.25, -0.2) is 26.9 Å². The number of aromatic nitrogens is 4. The van der Waals surface area contributed by atoms with E-state index >= 15 is 0 Å². The molecule has 6 rings (SSSR count). The molecule has 0 radical (unpaired) electrons. The standard InChI is InChI=1S/C23H28F2N6O.C3H7NO2S.H2/c24-21(25)22-27-17-8-4-5-9-18(17)31(22)20-14-19(26-15-16-6-2-1-3-7-16)28-23(29-20)30-10-12-32-13-11-30;5-7(6)3-1-2-4-7;/h4-5,8-9,14,16,21H,1-3,6-7,10-13,15H2,(H,26,28,29);4H,1-3H2;1H. The second kappa shape index (κ2) is 12.5. The number of sulfonamides is 1. The minimum atomic E-state index is -2.80. The van der Waals surface area contributed by atoms with E-state index in [0.717, 1.165) is 13.0 Å². The fraction of sp³-hybridized carbons (Fsp3) is 0.577. The summed E-state index contributed by atoms with van der Waals surface area (Å²) in [4.78, 5) is 15.6. The summed E-state index contributed by atoms with van der Waals surface area (Å²) in [6.07, 6.45) is 4.30. The Bertz CT molecular complexity index is 1350. The van der Waals surface area contributed by atoms with Gasteiger partial charge in [0.25, 0.3) is 6.43 Å². The van der Waals surface area contributed by atoms with Crippen LogP contribution in [0.15, 0.2) is 30.3 Å². The van der Waals surface area contributed by atoms with Crippen LogP contribution in [0, 0.1) is 5.92 Å². The third kappa shape index (κ3) is 7.00. The van der Waals surface area contributed by atoms with Crippen molar-refractivity contribution in [3.05, 3.63) is 36.2 Å². The number of halogens is 2. The number of para-hydroxylation sites is 2. The van der Waals surface area contributed by atoms with Crippen LogP contribution in [0.25, 0.3) is 16.9 Å². The van der Waals surface area contributed by atoms with Gasteiger partial charge >= 0.3 is 0 Å². The molecule has 0 bridgehead atoms. The predicted octanol–water partition coefficient (Wildman–Crippen LogP) is 4.14. The van der Waals surface area contributed by atoms with Gasteiger partial charge in [-0.05, 0) is 37.3 Å². The van der Waals surface area contributed by atoms with Crippen LogP contribution in [0.1, 0.15) is 52.2 Å². The number of ether oxygens (including phenoxy) is 1. The van der Waals surface area contributed by atoms with Crippen LogP contribution >= 0.6 is 0 Å². The van der Waals surface area contributed by atoms with Gasteiger partial charge in [0.2, 0.25) is 16.0 Å². The fourth-order valence-electron chi connectivity index (χ4n) is 5.17. The highest BCUT2D eigenvalue weighted by Crippen LogP contribution is 2.29. The Morgan fingerprint density at radius 3 is 2.51 bits per heavy atom. The molecule has 214 valence electrons. The Morgan fingerprint density at radius 1 is 1.08 bits per heavy atom. The van der Waals surface area contributed by atoms with E-state index < -0.39 is 16.4 Å². The van der Waals surface area contributed by atoms with E-state index in [1.165, 1.54) is 36.7 Å². The maximum Gasteiger partial charge on any atom is 0.296 e. The van der Waals surface area contributed by atoms with Crippen LogP contribution in [0.2, 0.25) is 0 Å². The van der Waals surface area contributed by atoms with E-state index in [1.54, 1.807) is 24.3 Å². The SMILES string of the molecule is FC(F)c1nc2ccccc2n1-c1cc(NCC2CCCCC2)nc(N2CCOCC2)n1.O=S1(=O)CCCN1.[HH]. The number of nitrogens with zero attached hydrogens (tertiary/aromatic N) is 5. The van der Waals surface area contributed by atoms with Crippen LogP contribution in [-0.4, -0.2) is 73.1 Å². The molecule has 0 atom stereocenters. The van der Waals surface area contributed by atoms with E-state index in [9.17, 15) is 17.2 Å². The van der Waals surface area contributed by atoms with Crippen LogP contribution < -0.4 is 14.9 Å². The number of fused-ring (bicyclic) bond motifs is 1. The summed E-state index contributed by atoms with van der Waals surface area (Å²) >= 11 is 0. The van der Waals surface area contributed by atoms with Gasteiger partial charge in [-0.2, -0.15) is 9.97 Å². The first-order valence-corrected chi connectivity index (χ1v) is 15.2. The second-order valence-electron chi connectivity index (χ2n) is 10.1. The lowest BCUT2D eigenvalue weighted by molar-refractivity contribution is 0.122. The molecule has 2 saturated heterocycles. The molecule has 2 aliphatic heterocycles. The van der Waals surface area contributed by atoms with Gasteiger partial charge in [-0.3, -0.25) is 4.57 Å². The summed E-state index contributed by atoms with van der Waals surface area (Å²) < 4.78 is 57.8. The van der Waals surface area contributed by atoms with Gasteiger partial charge in [0.05, 0.1) is 30.0 Å². The van der Waals surface area contributed by atoms with Crippen molar-refractivity contribution in [2.24, 2.45) is 5.92 Å². The summed E-state index contributed by atoms with van der Waals surface area (Å²) in [5.41, 5.74) is 1.12. The molecule has 0 spiro atoms. The Balaban J connectivity index is 0.000000405. The van der Waals surface area contributed by atoms with Crippen LogP contribution in [0.3, 0.4) is 0 Å². The summed E-state index contributed by atoms with van der Waals surface area (Å²) in [6, 6.07) is 8.91. The van der Waals surface area contributed by atoms with Crippen molar-refractivity contribution in [3.8, 4) is 5.82 Å². The van der Waals surface area contributed by atoms with Gasteiger partial charge in [0.15, 0.2) is 5.82 Å². The summed E-state index contributed by atoms with van der Waals surface area (Å²) in [6.45, 7) is 3.97. The minimum Gasteiger partial charge on any atom is -0.378 e. The van der Waals surface area contributed by atoms with Crippen LogP contribution in [0.5, 0.6) is 0 Å². The molecule has 39 heavy (non-hydrogen) atoms. The number of hydrogen-bond acceptors (Lipinski definition) is 8. The quantitative estimate of drug-likeness (QED) is 0.459. The lowest BCUT2D eigenvalue weighted by Gasteiger charge is -2.28. The van der Waals surface area contributed by atoms with Crippen molar-refractivity contribution in [1.29, 1.82) is 0 Å². The molecule has 0 unspecified atom stereocenters. The molecule has 3 fully saturated rings. The highest BCUT2D eigenvalue weighted by atomic mass is 32.2. The molecular formula is C26H37F2N7O3S. The zero-order valence-corrected chi connectivity index (χ0v) is 22.7. The van der Waals surface area contributed by atoms with E-state index in [4.69, 9.17) is 14.7 Å². The number of benzene rings is 1. The Labute approximate surface area is 228 Å². The molecule has 10 nitrogen and oxygen atoms in total. The van der Waals surface area contributed by atoms with Crippen LogP contribution in [0.4, 0.5) is 20.5 Å². The van der Waals surface area contributed by atoms with Crippen molar-refractivity contribution in [1.82, 2.24) is 24.2 Å². The highest BCUT2D eigenvalue weighted by Gasteiger charge is 2.24. The van der Waals surface area contributed by atoms with Crippen molar-refractivity contribution in [2.75, 3.05) is 55.4 Å². The average molecular weight is 566 g/mol. The van der Waals surface area contributed by atoms with E-state index in [-0.39, 0.29) is 7.25 Å². The molecule has 1 aliphatic carbocycles. The zero-order valence-electron chi connectivity index (χ0n) is 21.9. The first kappa shape index (κ1) is 27.7. The molecule has 3 aromatic rings. The number of imidazole rings is 1. The summed E-state index contributed by atoms with van der Waals surface area (Å²) in [5, 5.41) is 3.46. The maximum atomic E-state index is 13.9. The number of rotatable bonds is 6. The number of morpholine rings is 1. The smallest absolute Gasteiger partial charge is 0.296 e. The highest BCUT2D eigenvalue weighted by molar-refractivity contribution is 7.89. The van der Waals surface area contributed by atoms with E-state index in [0.29, 0.717) is 73.1 Å². The van der Waals surface area contributed by atoms with Gasteiger partial charge in [0.1, 0.15) is 11.6 Å². The molecule has 13 heteroatoms. The Kier molecular flexibility index (Phi) is 8.88. The summed E-state index contributed by atoms with van der Waals surface area (Å²) in [5.74, 6) is 2.19. The normalized spacial score (nSPS) is 19.7. The van der Waals surface area contributed by atoms with Crippen LogP contribution in [-0.2, 0) is 14.8 Å². The van der Waals surface area contributed by atoms with E-state index in [2.05, 4.69) is 15.0 Å². The predicted molar refractivity (Wildman–Crippen MR) is 148 cm³/mol. The fourth-order valence-corrected chi connectivity index (χ4v) is 6.29. The average Bonchev–Trinajstić information content (AvgIpc) is 3.56. The molecule has 4 heterocycles. The molecule has 3 aliphatic rings. The zero-order chi connectivity index (χ0) is 27.2. The number of alkyl halides is 2. The maximum absolute atomic E-state index is 13.9. The topological polar surface area (TPSA) is 114 Å². The van der Waals surface area contributed by atoms with Crippen molar-refractivity contribution in [2.45, 2.75) is 45.0 Å². The Hall–Kier alpha value is -2.90. The van der Waals surface area contributed by atoms with Crippen molar-refractivity contribution >= 4 is 32.8 Å². The van der Waals surface area contributed by atoms with Gasteiger partial charge < -0.3 is 15.0 Å². The van der Waals surface area contributed by atoms with Gasteiger partial charge in [-0.15, -0.1) is 0 Å². The molecule has 1 aromatic carbocycles. The third-order valence-corrected chi connectivity index (χ3v) is 8.68. The first-order valence-electron chi connectivity index (χ1n) is 13.6. The lowest BCUT2D eigenvalue weighted by Crippen LogP contribution is -2.37. The molecule has 1 saturated carbocycles. The van der Waals surface area contributed by atoms with Gasteiger partial charge in [-0.1, -0.05) is 31.4 Å². The largest absolute Gasteiger partial charge is 0.378 e. The third-order valence-electron chi connectivity index (χ3n) is 7.21. The number of anilines is 2. The van der Waals surface area contributed by atoms with E-state index in [1.807, 2.05) is 11.0 Å². The van der Waals surface area contributed by atoms with Crippen molar-refractivity contribution in [3.63, 3.8) is 0 Å². The molecule has 2 N–H and O–H groups in total. The Morgan fingerprint density at radius 2 is 1.85 bits per heavy atom. The van der Waals surface area contributed by atoms with Crippen molar-refractivity contribution < 1.29 is 23.4 Å². The minimum absolute atomic E-state index is 0. The second-order valence-corrected chi connectivity index (χ2v) is 12.0. The molecule has 2 aromatic heterocycles. The monoisotopic (exact) mass is 565 g/mol.